The van der Waals surface area contributed by atoms with E-state index in [9.17, 15) is 18.8 Å². The predicted octanol–water partition coefficient (Wildman–Crippen LogP) is 3.07. The molecule has 3 aromatic rings. The molecular weight excluding hydrogens is 403 g/mol. The molecule has 0 unspecified atom stereocenters. The number of nitrogens with one attached hydrogen (secondary N) is 2. The lowest BCUT2D eigenvalue weighted by molar-refractivity contribution is -0.149. The van der Waals surface area contributed by atoms with Crippen LogP contribution in [-0.2, 0) is 14.3 Å². The van der Waals surface area contributed by atoms with Crippen molar-refractivity contribution < 1.29 is 28.2 Å². The second-order valence-electron chi connectivity index (χ2n) is 6.70. The zero-order valence-electron chi connectivity index (χ0n) is 16.1. The minimum atomic E-state index is -0.829. The van der Waals surface area contributed by atoms with Crippen molar-refractivity contribution in [3.63, 3.8) is 0 Å². The van der Waals surface area contributed by atoms with E-state index in [-0.39, 0.29) is 5.56 Å². The maximum absolute atomic E-state index is 13.6. The van der Waals surface area contributed by atoms with E-state index in [2.05, 4.69) is 10.9 Å². The maximum atomic E-state index is 13.6. The van der Waals surface area contributed by atoms with Crippen molar-refractivity contribution in [3.05, 3.63) is 95.3 Å². The Labute approximate surface area is 176 Å². The number of carbonyl (C=O) groups is 3. The van der Waals surface area contributed by atoms with Crippen LogP contribution in [0.5, 0.6) is 11.5 Å². The summed E-state index contributed by atoms with van der Waals surface area (Å²) in [5.41, 5.74) is 5.20. The fourth-order valence-electron chi connectivity index (χ4n) is 3.26. The van der Waals surface area contributed by atoms with E-state index in [0.29, 0.717) is 22.6 Å². The first kappa shape index (κ1) is 20.1. The van der Waals surface area contributed by atoms with Crippen LogP contribution in [0.2, 0.25) is 0 Å². The molecule has 156 valence electrons. The zero-order valence-corrected chi connectivity index (χ0v) is 16.1. The fourth-order valence-corrected chi connectivity index (χ4v) is 3.26. The molecule has 1 aliphatic rings. The average Bonchev–Trinajstić information content (AvgIpc) is 2.79. The molecule has 0 saturated heterocycles. The largest absolute Gasteiger partial charge is 0.457 e. The van der Waals surface area contributed by atoms with Gasteiger partial charge in [-0.25, -0.2) is 4.39 Å². The highest BCUT2D eigenvalue weighted by Crippen LogP contribution is 2.44. The molecule has 1 aliphatic heterocycles. The van der Waals surface area contributed by atoms with Gasteiger partial charge in [0.1, 0.15) is 23.2 Å². The third-order valence-corrected chi connectivity index (χ3v) is 4.70. The number of para-hydroxylation sites is 2. The minimum absolute atomic E-state index is 0.227. The lowest BCUT2D eigenvalue weighted by Gasteiger charge is -2.26. The van der Waals surface area contributed by atoms with Crippen LogP contribution in [0.3, 0.4) is 0 Å². The highest BCUT2D eigenvalue weighted by molar-refractivity contribution is 5.96. The fraction of sp³-hybridized carbons (Fsp3) is 0.0870. The Morgan fingerprint density at radius 1 is 0.839 bits per heavy atom. The summed E-state index contributed by atoms with van der Waals surface area (Å²) in [7, 11) is 0. The molecular formula is C23H17FN2O5. The molecule has 3 aromatic carbocycles. The van der Waals surface area contributed by atoms with Crippen molar-refractivity contribution in [2.24, 2.45) is 0 Å². The highest BCUT2D eigenvalue weighted by Gasteiger charge is 2.33. The predicted molar refractivity (Wildman–Crippen MR) is 108 cm³/mol. The Morgan fingerprint density at radius 3 is 2.06 bits per heavy atom. The summed E-state index contributed by atoms with van der Waals surface area (Å²) in [6, 6.07) is 19.5. The number of benzene rings is 3. The summed E-state index contributed by atoms with van der Waals surface area (Å²) >= 11 is 0. The number of carbonyl (C=O) groups excluding carboxylic acids is 3. The highest BCUT2D eigenvalue weighted by atomic mass is 19.1. The van der Waals surface area contributed by atoms with E-state index < -0.39 is 36.1 Å². The van der Waals surface area contributed by atoms with Crippen molar-refractivity contribution in [2.45, 2.75) is 5.92 Å². The number of hydrogen-bond acceptors (Lipinski definition) is 5. The molecule has 4 rings (SSSR count). The summed E-state index contributed by atoms with van der Waals surface area (Å²) in [5.74, 6) is -2.66. The number of fused-ring (bicyclic) bond motifs is 2. The van der Waals surface area contributed by atoms with Gasteiger partial charge in [0, 0.05) is 11.1 Å². The van der Waals surface area contributed by atoms with Gasteiger partial charge in [0.05, 0.1) is 5.56 Å². The Balaban J connectivity index is 1.40. The number of rotatable bonds is 4. The Bertz CT molecular complexity index is 1120. The zero-order chi connectivity index (χ0) is 21.8. The van der Waals surface area contributed by atoms with Crippen LogP contribution in [-0.4, -0.2) is 24.4 Å². The number of halogens is 1. The summed E-state index contributed by atoms with van der Waals surface area (Å²) in [4.78, 5) is 36.8. The second kappa shape index (κ2) is 8.66. The summed E-state index contributed by atoms with van der Waals surface area (Å²) in [6.45, 7) is -0.627. The first-order chi connectivity index (χ1) is 15.0. The lowest BCUT2D eigenvalue weighted by Crippen LogP contribution is -2.44. The third kappa shape index (κ3) is 4.23. The summed E-state index contributed by atoms with van der Waals surface area (Å²) < 4.78 is 24.6. The van der Waals surface area contributed by atoms with E-state index in [1.165, 1.54) is 18.2 Å². The molecule has 8 heteroatoms. The second-order valence-corrected chi connectivity index (χ2v) is 6.70. The van der Waals surface area contributed by atoms with Crippen LogP contribution in [0.1, 0.15) is 27.4 Å². The van der Waals surface area contributed by atoms with Gasteiger partial charge in [-0.3, -0.25) is 25.2 Å². The molecule has 0 aliphatic carbocycles. The molecule has 7 nitrogen and oxygen atoms in total. The number of amides is 2. The molecule has 0 aromatic heterocycles. The van der Waals surface area contributed by atoms with Gasteiger partial charge in [-0.2, -0.15) is 0 Å². The maximum Gasteiger partial charge on any atom is 0.318 e. The summed E-state index contributed by atoms with van der Waals surface area (Å²) in [5, 5.41) is 0. The molecule has 0 spiro atoms. The van der Waals surface area contributed by atoms with Gasteiger partial charge in [0.15, 0.2) is 6.61 Å². The Morgan fingerprint density at radius 2 is 1.42 bits per heavy atom. The quantitative estimate of drug-likeness (QED) is 0.500. The van der Waals surface area contributed by atoms with Crippen molar-refractivity contribution in [1.29, 1.82) is 0 Å². The van der Waals surface area contributed by atoms with Gasteiger partial charge in [-0.05, 0) is 24.3 Å². The minimum Gasteiger partial charge on any atom is -0.457 e. The summed E-state index contributed by atoms with van der Waals surface area (Å²) in [6.07, 6.45) is 0. The van der Waals surface area contributed by atoms with Gasteiger partial charge in [0.25, 0.3) is 11.8 Å². The van der Waals surface area contributed by atoms with Gasteiger partial charge in [-0.15, -0.1) is 0 Å². The van der Waals surface area contributed by atoms with E-state index in [1.807, 2.05) is 0 Å². The van der Waals surface area contributed by atoms with Crippen LogP contribution < -0.4 is 15.6 Å². The number of esters is 1. The average molecular weight is 420 g/mol. The van der Waals surface area contributed by atoms with Crippen LogP contribution in [0, 0.1) is 5.82 Å². The molecule has 0 fully saturated rings. The van der Waals surface area contributed by atoms with Crippen LogP contribution in [0.15, 0.2) is 72.8 Å². The Hall–Kier alpha value is -4.20. The van der Waals surface area contributed by atoms with E-state index >= 15 is 0 Å². The molecule has 2 N–H and O–H groups in total. The number of ether oxygens (including phenoxy) is 2. The monoisotopic (exact) mass is 420 g/mol. The molecule has 31 heavy (non-hydrogen) atoms. The SMILES string of the molecule is O=C(COC(=O)C1c2ccccc2Oc2ccccc21)NNC(=O)c1ccccc1F. The standard InChI is InChI=1S/C23H17FN2O5/c24-17-10-4-1-7-14(17)22(28)26-25-20(27)13-30-23(29)21-15-8-2-5-11-18(15)31-19-12-6-3-9-16(19)21/h1-12,21H,13H2,(H,25,27)(H,26,28). The molecule has 0 radical (unpaired) electrons. The van der Waals surface area contributed by atoms with Gasteiger partial charge >= 0.3 is 5.97 Å². The van der Waals surface area contributed by atoms with Crippen molar-refractivity contribution >= 4 is 17.8 Å². The third-order valence-electron chi connectivity index (χ3n) is 4.70. The van der Waals surface area contributed by atoms with Gasteiger partial charge in [-0.1, -0.05) is 48.5 Å². The van der Waals surface area contributed by atoms with Crippen molar-refractivity contribution in [3.8, 4) is 11.5 Å². The van der Waals surface area contributed by atoms with Crippen molar-refractivity contribution in [2.75, 3.05) is 6.61 Å². The molecule has 2 amide bonds. The smallest absolute Gasteiger partial charge is 0.318 e. The topological polar surface area (TPSA) is 93.7 Å². The van der Waals surface area contributed by atoms with Crippen molar-refractivity contribution in [1.82, 2.24) is 10.9 Å². The van der Waals surface area contributed by atoms with Gasteiger partial charge < -0.3 is 9.47 Å². The number of hydrazine groups is 1. The lowest BCUT2D eigenvalue weighted by atomic mass is 9.88. The molecule has 1 heterocycles. The molecule has 0 saturated carbocycles. The van der Waals surface area contributed by atoms with Crippen LogP contribution in [0.25, 0.3) is 0 Å². The van der Waals surface area contributed by atoms with E-state index in [4.69, 9.17) is 9.47 Å². The van der Waals surface area contributed by atoms with Crippen LogP contribution in [0.4, 0.5) is 4.39 Å². The van der Waals surface area contributed by atoms with Crippen LogP contribution >= 0.6 is 0 Å². The van der Waals surface area contributed by atoms with E-state index in [1.54, 1.807) is 48.5 Å². The molecule has 0 bridgehead atoms. The molecule has 0 atom stereocenters. The van der Waals surface area contributed by atoms with Gasteiger partial charge in [0.2, 0.25) is 0 Å². The normalized spacial score (nSPS) is 12.0. The first-order valence-electron chi connectivity index (χ1n) is 9.40. The number of hydrogen-bond donors (Lipinski definition) is 2. The van der Waals surface area contributed by atoms with E-state index in [0.717, 1.165) is 6.07 Å². The Kier molecular flexibility index (Phi) is 5.61. The first-order valence-corrected chi connectivity index (χ1v) is 9.40.